The predicted octanol–water partition coefficient (Wildman–Crippen LogP) is 14.3. The van der Waals surface area contributed by atoms with Gasteiger partial charge in [-0.15, -0.1) is 11.3 Å². The Labute approximate surface area is 318 Å². The number of furan rings is 1. The van der Waals surface area contributed by atoms with Gasteiger partial charge in [-0.2, -0.15) is 0 Å². The molecule has 0 spiro atoms. The monoisotopic (exact) mass is 723 g/mol. The van der Waals surface area contributed by atoms with Gasteiger partial charge in [0, 0.05) is 60.1 Å². The number of anilines is 3. The Morgan fingerprint density at radius 1 is 0.473 bits per heavy atom. The number of rotatable bonds is 5. The van der Waals surface area contributed by atoms with Crippen LogP contribution in [0.3, 0.4) is 0 Å². The molecule has 0 aliphatic carbocycles. The Morgan fingerprint density at radius 2 is 1.18 bits per heavy atom. The molecule has 12 rings (SSSR count). The van der Waals surface area contributed by atoms with E-state index in [9.17, 15) is 0 Å². The molecule has 0 radical (unpaired) electrons. The van der Waals surface area contributed by atoms with E-state index < -0.39 is 0 Å². The maximum Gasteiger partial charge on any atom is 0.181 e. The van der Waals surface area contributed by atoms with Gasteiger partial charge in [0.15, 0.2) is 12.0 Å². The normalized spacial score (nSPS) is 12.0. The molecule has 4 aromatic heterocycles. The molecule has 0 atom stereocenters. The van der Waals surface area contributed by atoms with Gasteiger partial charge in [0.1, 0.15) is 16.7 Å². The van der Waals surface area contributed by atoms with Gasteiger partial charge in [-0.1, -0.05) is 91.0 Å². The fourth-order valence-electron chi connectivity index (χ4n) is 8.43. The number of benzene rings is 8. The Morgan fingerprint density at radius 3 is 2.04 bits per heavy atom. The highest BCUT2D eigenvalue weighted by molar-refractivity contribution is 7.26. The molecule has 0 bridgehead atoms. The summed E-state index contributed by atoms with van der Waals surface area (Å²) in [6, 6.07) is 60.8. The number of hydrogen-bond donors (Lipinski definition) is 0. The summed E-state index contributed by atoms with van der Waals surface area (Å²) >= 11 is 1.85. The van der Waals surface area contributed by atoms with Crippen LogP contribution in [0.5, 0.6) is 0 Å². The van der Waals surface area contributed by atoms with Crippen LogP contribution in [0.25, 0.3) is 91.8 Å². The van der Waals surface area contributed by atoms with Crippen molar-refractivity contribution in [3.8, 4) is 16.8 Å². The van der Waals surface area contributed by atoms with Gasteiger partial charge >= 0.3 is 0 Å². The zero-order valence-corrected chi connectivity index (χ0v) is 30.1. The van der Waals surface area contributed by atoms with E-state index in [0.717, 1.165) is 66.9 Å². The van der Waals surface area contributed by atoms with Gasteiger partial charge in [-0.3, -0.25) is 0 Å². The maximum absolute atomic E-state index is 6.49. The van der Waals surface area contributed by atoms with Gasteiger partial charge in [0.05, 0.1) is 21.4 Å². The molecule has 4 heterocycles. The molecule has 5 nitrogen and oxygen atoms in total. The molecule has 0 aliphatic rings. The molecular formula is C49H29N3O2S. The van der Waals surface area contributed by atoms with Gasteiger partial charge in [-0.05, 0) is 83.9 Å². The fourth-order valence-corrected chi connectivity index (χ4v) is 9.62. The molecule has 0 fully saturated rings. The first-order valence-corrected chi connectivity index (χ1v) is 19.2. The number of aromatic nitrogens is 2. The van der Waals surface area contributed by atoms with Crippen molar-refractivity contribution in [2.45, 2.75) is 0 Å². The SMILES string of the molecule is c1cc(-c2ccc3ocnc3c2)cc(N(c2ccc3c(c2)oc2ccccc23)c2cc(-n3c4ccccc4c4ccccc43)c3sc4ccccc4c3c2)c1. The van der Waals surface area contributed by atoms with Crippen LogP contribution < -0.4 is 4.90 Å². The van der Waals surface area contributed by atoms with Crippen molar-refractivity contribution < 1.29 is 8.83 Å². The van der Waals surface area contributed by atoms with E-state index in [-0.39, 0.29) is 0 Å². The number of hydrogen-bond acceptors (Lipinski definition) is 5. The maximum atomic E-state index is 6.49. The quantitative estimate of drug-likeness (QED) is 0.177. The topological polar surface area (TPSA) is 47.3 Å². The van der Waals surface area contributed by atoms with Gasteiger partial charge in [0.25, 0.3) is 0 Å². The molecule has 258 valence electrons. The molecule has 6 heteroatoms. The van der Waals surface area contributed by atoms with Crippen LogP contribution >= 0.6 is 11.3 Å². The number of thiophene rings is 1. The molecule has 0 saturated heterocycles. The summed E-state index contributed by atoms with van der Waals surface area (Å²) < 4.78 is 17.0. The summed E-state index contributed by atoms with van der Waals surface area (Å²) in [5, 5.41) is 7.15. The van der Waals surface area contributed by atoms with Crippen molar-refractivity contribution in [3.63, 3.8) is 0 Å². The summed E-state index contributed by atoms with van der Waals surface area (Å²) in [5.74, 6) is 0. The minimum atomic E-state index is 0.773. The van der Waals surface area contributed by atoms with Crippen molar-refractivity contribution in [2.75, 3.05) is 4.90 Å². The molecule has 0 amide bonds. The third kappa shape index (κ3) is 4.62. The first kappa shape index (κ1) is 30.3. The molecule has 0 N–H and O–H groups in total. The van der Waals surface area contributed by atoms with Gasteiger partial charge < -0.3 is 18.3 Å². The van der Waals surface area contributed by atoms with Crippen molar-refractivity contribution in [3.05, 3.63) is 176 Å². The first-order chi connectivity index (χ1) is 27.2. The predicted molar refractivity (Wildman–Crippen MR) is 229 cm³/mol. The van der Waals surface area contributed by atoms with E-state index in [0.29, 0.717) is 0 Å². The van der Waals surface area contributed by atoms with E-state index in [1.54, 1.807) is 0 Å². The second-order valence-electron chi connectivity index (χ2n) is 14.0. The highest BCUT2D eigenvalue weighted by Gasteiger charge is 2.22. The Balaban J connectivity index is 1.16. The van der Waals surface area contributed by atoms with Crippen molar-refractivity contribution in [2.24, 2.45) is 0 Å². The molecular weight excluding hydrogens is 695 g/mol. The van der Waals surface area contributed by atoms with E-state index in [1.807, 2.05) is 29.5 Å². The smallest absolute Gasteiger partial charge is 0.181 e. The minimum Gasteiger partial charge on any atom is -0.456 e. The summed E-state index contributed by atoms with van der Waals surface area (Å²) in [4.78, 5) is 6.81. The number of para-hydroxylation sites is 3. The van der Waals surface area contributed by atoms with E-state index >= 15 is 0 Å². The summed E-state index contributed by atoms with van der Waals surface area (Å²) in [5.41, 5.74) is 12.1. The average molecular weight is 724 g/mol. The van der Waals surface area contributed by atoms with Crippen LogP contribution in [0.1, 0.15) is 0 Å². The lowest BCUT2D eigenvalue weighted by atomic mass is 10.0. The van der Waals surface area contributed by atoms with Crippen LogP contribution in [0, 0.1) is 0 Å². The van der Waals surface area contributed by atoms with Crippen LogP contribution in [0.2, 0.25) is 0 Å². The molecule has 55 heavy (non-hydrogen) atoms. The van der Waals surface area contributed by atoms with E-state index in [1.165, 1.54) is 48.4 Å². The van der Waals surface area contributed by atoms with Crippen LogP contribution in [0.4, 0.5) is 17.1 Å². The molecule has 0 saturated carbocycles. The molecule has 8 aromatic carbocycles. The summed E-state index contributed by atoms with van der Waals surface area (Å²) in [6.45, 7) is 0. The first-order valence-electron chi connectivity index (χ1n) is 18.3. The molecule has 0 unspecified atom stereocenters. The number of nitrogens with zero attached hydrogens (tertiary/aromatic N) is 3. The van der Waals surface area contributed by atoms with Crippen molar-refractivity contribution >= 4 is 103 Å². The third-order valence-corrected chi connectivity index (χ3v) is 12.1. The zero-order chi connectivity index (χ0) is 36.0. The van der Waals surface area contributed by atoms with Crippen molar-refractivity contribution in [1.82, 2.24) is 9.55 Å². The van der Waals surface area contributed by atoms with Crippen LogP contribution in [-0.4, -0.2) is 9.55 Å². The molecule has 12 aromatic rings. The number of fused-ring (bicyclic) bond motifs is 10. The highest BCUT2D eigenvalue weighted by Crippen LogP contribution is 2.47. The minimum absolute atomic E-state index is 0.773. The lowest BCUT2D eigenvalue weighted by Crippen LogP contribution is -2.11. The Bertz CT molecular complexity index is 3420. The lowest BCUT2D eigenvalue weighted by molar-refractivity contribution is 0.602. The van der Waals surface area contributed by atoms with E-state index in [2.05, 4.69) is 166 Å². The average Bonchev–Trinajstić information content (AvgIpc) is 4.02. The van der Waals surface area contributed by atoms with Crippen molar-refractivity contribution in [1.29, 1.82) is 0 Å². The standard InChI is InChI=1S/C49H29N3O2S/c1-5-16-42-35(12-1)36-13-2-6-17-43(36)52(42)44-27-34(26-40-39-15-4-8-19-48(39)55-49(40)44)51(33-21-22-38-37-14-3-7-18-45(37)54-47(38)28-33)32-11-9-10-30(24-32)31-20-23-46-41(25-31)50-29-53-46/h1-29H. The second-order valence-corrected chi connectivity index (χ2v) is 15.1. The summed E-state index contributed by atoms with van der Waals surface area (Å²) in [7, 11) is 0. The fraction of sp³-hybridized carbons (Fsp3) is 0. The summed E-state index contributed by atoms with van der Waals surface area (Å²) in [6.07, 6.45) is 1.50. The second kappa shape index (κ2) is 11.7. The van der Waals surface area contributed by atoms with E-state index in [4.69, 9.17) is 8.83 Å². The Kier molecular flexibility index (Phi) is 6.44. The third-order valence-electron chi connectivity index (χ3n) is 10.9. The Hall–Kier alpha value is -7.15. The van der Waals surface area contributed by atoms with Crippen LogP contribution in [-0.2, 0) is 0 Å². The van der Waals surface area contributed by atoms with Gasteiger partial charge in [0.2, 0.25) is 0 Å². The van der Waals surface area contributed by atoms with Crippen LogP contribution in [0.15, 0.2) is 185 Å². The number of oxazole rings is 1. The zero-order valence-electron chi connectivity index (χ0n) is 29.3. The lowest BCUT2D eigenvalue weighted by Gasteiger charge is -2.27. The van der Waals surface area contributed by atoms with Gasteiger partial charge in [-0.25, -0.2) is 4.98 Å². The highest BCUT2D eigenvalue weighted by atomic mass is 32.1. The molecule has 0 aliphatic heterocycles. The largest absolute Gasteiger partial charge is 0.456 e.